The number of carbonyl (C=O) groups excluding carboxylic acids is 1. The summed E-state index contributed by atoms with van der Waals surface area (Å²) in [5, 5.41) is 15.7. The Balaban J connectivity index is 0.00000228. The first-order valence-corrected chi connectivity index (χ1v) is 10.7. The van der Waals surface area contributed by atoms with E-state index < -0.39 is 0 Å². The normalized spacial score (nSPS) is 14.1. The molecule has 4 heterocycles. The van der Waals surface area contributed by atoms with Crippen molar-refractivity contribution in [2.24, 2.45) is 0 Å². The van der Waals surface area contributed by atoms with Crippen LogP contribution in [-0.4, -0.2) is 56.7 Å². The molecule has 1 fully saturated rings. The zero-order chi connectivity index (χ0) is 21.5. The molecule has 166 valence electrons. The van der Waals surface area contributed by atoms with Crippen LogP contribution in [-0.2, 0) is 0 Å². The number of nitrogens with one attached hydrogen (secondary N) is 2. The van der Waals surface area contributed by atoms with Gasteiger partial charge in [-0.1, -0.05) is 24.3 Å². The fourth-order valence-electron chi connectivity index (χ4n) is 4.27. The Labute approximate surface area is 197 Å². The fraction of sp³-hybridized carbons (Fsp3) is 0.167. The van der Waals surface area contributed by atoms with Gasteiger partial charge in [-0.25, -0.2) is 4.98 Å². The minimum absolute atomic E-state index is 0. The number of fused-ring (bicyclic) bond motifs is 5. The Kier molecular flexibility index (Phi) is 5.53. The van der Waals surface area contributed by atoms with E-state index in [-0.39, 0.29) is 18.3 Å². The van der Waals surface area contributed by atoms with Crippen molar-refractivity contribution >= 4 is 29.8 Å². The number of nitrogens with zero attached hydrogens (tertiary/aromatic N) is 5. The third-order valence-electron chi connectivity index (χ3n) is 5.91. The lowest BCUT2D eigenvalue weighted by Crippen LogP contribution is -2.46. The van der Waals surface area contributed by atoms with E-state index >= 15 is 0 Å². The highest BCUT2D eigenvalue weighted by atomic mass is 35.5. The fourth-order valence-corrected chi connectivity index (χ4v) is 4.27. The number of hydrogen-bond donors (Lipinski definition) is 2. The number of rotatable bonds is 2. The highest BCUT2D eigenvalue weighted by molar-refractivity contribution is 5.95. The number of amides is 1. The number of para-hydroxylation sites is 1. The van der Waals surface area contributed by atoms with Crippen LogP contribution in [0.4, 0.5) is 11.5 Å². The molecule has 2 aromatic heterocycles. The molecule has 9 heteroatoms. The number of piperazine rings is 1. The molecular formula is C24H22ClN7O. The van der Waals surface area contributed by atoms with Crippen molar-refractivity contribution in [1.29, 1.82) is 0 Å². The Morgan fingerprint density at radius 2 is 1.64 bits per heavy atom. The van der Waals surface area contributed by atoms with Crippen molar-refractivity contribution < 1.29 is 4.79 Å². The van der Waals surface area contributed by atoms with Gasteiger partial charge in [-0.3, -0.25) is 9.36 Å². The van der Waals surface area contributed by atoms with E-state index in [1.54, 1.807) is 6.20 Å². The third-order valence-corrected chi connectivity index (χ3v) is 5.91. The van der Waals surface area contributed by atoms with Crippen molar-refractivity contribution in [2.75, 3.05) is 31.5 Å². The molecule has 0 bridgehead atoms. The molecule has 2 aliphatic rings. The molecule has 2 aromatic carbocycles. The molecule has 1 amide bonds. The lowest BCUT2D eigenvalue weighted by molar-refractivity contribution is 0.0736. The number of pyridine rings is 1. The molecule has 0 saturated carbocycles. The molecule has 6 rings (SSSR count). The molecule has 33 heavy (non-hydrogen) atoms. The zero-order valence-electron chi connectivity index (χ0n) is 17.7. The molecule has 0 aliphatic carbocycles. The number of halogens is 1. The number of aromatic nitrogens is 4. The molecule has 0 unspecified atom stereocenters. The molecular weight excluding hydrogens is 438 g/mol. The smallest absolute Gasteiger partial charge is 0.253 e. The van der Waals surface area contributed by atoms with Crippen molar-refractivity contribution in [3.8, 4) is 28.5 Å². The van der Waals surface area contributed by atoms with E-state index in [0.717, 1.165) is 60.3 Å². The van der Waals surface area contributed by atoms with Gasteiger partial charge in [0.05, 0.1) is 11.4 Å². The first-order chi connectivity index (χ1) is 15.8. The Hall–Kier alpha value is -3.75. The zero-order valence-corrected chi connectivity index (χ0v) is 18.5. The topological polar surface area (TPSA) is 88.0 Å². The summed E-state index contributed by atoms with van der Waals surface area (Å²) in [7, 11) is 0. The second kappa shape index (κ2) is 8.65. The number of hydrogen-bond acceptors (Lipinski definition) is 6. The maximum atomic E-state index is 12.8. The van der Waals surface area contributed by atoms with Crippen LogP contribution in [0.25, 0.3) is 28.5 Å². The van der Waals surface area contributed by atoms with Crippen LogP contribution in [0.1, 0.15) is 10.4 Å². The summed E-state index contributed by atoms with van der Waals surface area (Å²) in [4.78, 5) is 19.3. The van der Waals surface area contributed by atoms with Gasteiger partial charge in [0.1, 0.15) is 0 Å². The summed E-state index contributed by atoms with van der Waals surface area (Å²) >= 11 is 0. The van der Waals surface area contributed by atoms with Gasteiger partial charge in [0.2, 0.25) is 0 Å². The second-order valence-corrected chi connectivity index (χ2v) is 7.84. The van der Waals surface area contributed by atoms with E-state index in [2.05, 4.69) is 25.8 Å². The molecule has 2 aliphatic heterocycles. The van der Waals surface area contributed by atoms with Crippen LogP contribution < -0.4 is 10.6 Å². The summed E-state index contributed by atoms with van der Waals surface area (Å²) in [6, 6.07) is 19.5. The molecule has 8 nitrogen and oxygen atoms in total. The average molecular weight is 460 g/mol. The Bertz CT molecular complexity index is 1310. The summed E-state index contributed by atoms with van der Waals surface area (Å²) < 4.78 is 2.02. The van der Waals surface area contributed by atoms with Gasteiger partial charge in [-0.15, -0.1) is 22.6 Å². The number of anilines is 2. The predicted octanol–water partition coefficient (Wildman–Crippen LogP) is 3.52. The molecule has 2 N–H and O–H groups in total. The van der Waals surface area contributed by atoms with E-state index in [9.17, 15) is 4.79 Å². The van der Waals surface area contributed by atoms with Crippen LogP contribution in [0.5, 0.6) is 0 Å². The maximum Gasteiger partial charge on any atom is 0.253 e. The predicted molar refractivity (Wildman–Crippen MR) is 129 cm³/mol. The van der Waals surface area contributed by atoms with Gasteiger partial charge >= 0.3 is 0 Å². The summed E-state index contributed by atoms with van der Waals surface area (Å²) in [6.07, 6.45) is 1.76. The third kappa shape index (κ3) is 3.63. The number of carbonyl (C=O) groups is 1. The van der Waals surface area contributed by atoms with Gasteiger partial charge in [0, 0.05) is 49.1 Å². The van der Waals surface area contributed by atoms with E-state index in [1.165, 1.54) is 0 Å². The van der Waals surface area contributed by atoms with Gasteiger partial charge in [-0.2, -0.15) is 0 Å². The maximum absolute atomic E-state index is 12.8. The van der Waals surface area contributed by atoms with Crippen LogP contribution in [0.15, 0.2) is 66.9 Å². The summed E-state index contributed by atoms with van der Waals surface area (Å²) in [6.45, 7) is 3.13. The average Bonchev–Trinajstić information content (AvgIpc) is 3.24. The van der Waals surface area contributed by atoms with Crippen molar-refractivity contribution in [1.82, 2.24) is 30.0 Å². The highest BCUT2D eigenvalue weighted by Gasteiger charge is 2.25. The SMILES string of the molecule is Cl.O=C(c1ccc(-c2nnc3n2-c2cccnc2Nc2ccccc2-3)cc1)N1CCNCC1. The first-order valence-electron chi connectivity index (χ1n) is 10.7. The number of benzene rings is 2. The van der Waals surface area contributed by atoms with Gasteiger partial charge in [0.25, 0.3) is 5.91 Å². The molecule has 1 saturated heterocycles. The van der Waals surface area contributed by atoms with Crippen LogP contribution >= 0.6 is 12.4 Å². The molecule has 0 spiro atoms. The Morgan fingerprint density at radius 3 is 2.45 bits per heavy atom. The van der Waals surface area contributed by atoms with Gasteiger partial charge < -0.3 is 15.5 Å². The van der Waals surface area contributed by atoms with E-state index in [0.29, 0.717) is 11.4 Å². The lowest BCUT2D eigenvalue weighted by atomic mass is 10.1. The monoisotopic (exact) mass is 459 g/mol. The van der Waals surface area contributed by atoms with Gasteiger partial charge in [-0.05, 0) is 36.4 Å². The molecule has 0 radical (unpaired) electrons. The first kappa shape index (κ1) is 21.1. The van der Waals surface area contributed by atoms with Crippen molar-refractivity contribution in [3.63, 3.8) is 0 Å². The Morgan fingerprint density at radius 1 is 0.879 bits per heavy atom. The quantitative estimate of drug-likeness (QED) is 0.420. The summed E-state index contributed by atoms with van der Waals surface area (Å²) in [5.41, 5.74) is 4.33. The van der Waals surface area contributed by atoms with Crippen LogP contribution in [0.2, 0.25) is 0 Å². The van der Waals surface area contributed by atoms with Gasteiger partial charge in [0.15, 0.2) is 17.5 Å². The highest BCUT2D eigenvalue weighted by Crippen LogP contribution is 2.38. The minimum atomic E-state index is 0. The summed E-state index contributed by atoms with van der Waals surface area (Å²) in [5.74, 6) is 2.25. The van der Waals surface area contributed by atoms with E-state index in [1.807, 2.05) is 70.1 Å². The van der Waals surface area contributed by atoms with Crippen LogP contribution in [0.3, 0.4) is 0 Å². The van der Waals surface area contributed by atoms with E-state index in [4.69, 9.17) is 0 Å². The second-order valence-electron chi connectivity index (χ2n) is 7.84. The lowest BCUT2D eigenvalue weighted by Gasteiger charge is -2.27. The molecule has 0 atom stereocenters. The van der Waals surface area contributed by atoms with Crippen LogP contribution in [0, 0.1) is 0 Å². The largest absolute Gasteiger partial charge is 0.338 e. The molecule has 4 aromatic rings. The van der Waals surface area contributed by atoms with Crippen molar-refractivity contribution in [2.45, 2.75) is 0 Å². The van der Waals surface area contributed by atoms with Crippen molar-refractivity contribution in [3.05, 3.63) is 72.4 Å². The standard InChI is InChI=1S/C24H21N7O.ClH/c32-24(30-14-12-25-13-15-30)17-9-7-16(8-10-17)22-28-29-23-18-4-1-2-5-19(18)27-21-20(31(22)23)6-3-11-26-21;/h1-11,25H,12-15H2,(H,26,27);1H. The minimum Gasteiger partial charge on any atom is -0.338 e.